The molecule has 0 fully saturated rings. The van der Waals surface area contributed by atoms with Crippen molar-refractivity contribution >= 4 is 49.6 Å². The number of aromatic nitrogens is 3. The van der Waals surface area contributed by atoms with E-state index in [0.717, 1.165) is 15.6 Å². The molecule has 0 radical (unpaired) electrons. The second-order valence-corrected chi connectivity index (χ2v) is 7.30. The molecule has 0 N–H and O–H groups in total. The Morgan fingerprint density at radius 2 is 1.96 bits per heavy atom. The summed E-state index contributed by atoms with van der Waals surface area (Å²) in [7, 11) is 0. The van der Waals surface area contributed by atoms with Crippen molar-refractivity contribution < 1.29 is 13.9 Å². The molecular formula is C20H13N3O4S. The third kappa shape index (κ3) is 2.84. The van der Waals surface area contributed by atoms with E-state index in [1.807, 2.05) is 42.5 Å². The lowest BCUT2D eigenvalue weighted by molar-refractivity contribution is -0.145. The van der Waals surface area contributed by atoms with Crippen molar-refractivity contribution in [1.82, 2.24) is 14.5 Å². The van der Waals surface area contributed by atoms with Crippen LogP contribution >= 0.6 is 11.3 Å². The van der Waals surface area contributed by atoms with Gasteiger partial charge in [0.25, 0.3) is 5.56 Å². The number of carbonyl (C=O) groups excluding carboxylic acids is 1. The molecule has 0 atom stereocenters. The van der Waals surface area contributed by atoms with Gasteiger partial charge in [-0.3, -0.25) is 14.2 Å². The number of hydrogen-bond donors (Lipinski definition) is 0. The molecule has 0 aliphatic heterocycles. The number of thiazole rings is 1. The van der Waals surface area contributed by atoms with Crippen LogP contribution in [0, 0.1) is 0 Å². The highest BCUT2D eigenvalue weighted by Gasteiger charge is 2.15. The molecule has 0 spiro atoms. The molecule has 138 valence electrons. The minimum atomic E-state index is -0.543. The van der Waals surface area contributed by atoms with Gasteiger partial charge in [-0.25, -0.2) is 9.97 Å². The molecule has 2 aromatic carbocycles. The highest BCUT2D eigenvalue weighted by atomic mass is 32.1. The normalized spacial score (nSPS) is 11.4. The summed E-state index contributed by atoms with van der Waals surface area (Å²) < 4.78 is 13.1. The first-order valence-electron chi connectivity index (χ1n) is 8.56. The van der Waals surface area contributed by atoms with Gasteiger partial charge in [-0.05, 0) is 24.3 Å². The molecule has 7 nitrogen and oxygen atoms in total. The van der Waals surface area contributed by atoms with E-state index < -0.39 is 11.5 Å². The third-order valence-electron chi connectivity index (χ3n) is 4.34. The Kier molecular flexibility index (Phi) is 3.91. The van der Waals surface area contributed by atoms with Crippen molar-refractivity contribution in [3.05, 3.63) is 70.2 Å². The summed E-state index contributed by atoms with van der Waals surface area (Å²) in [5.41, 5.74) is 1.65. The molecule has 5 aromatic rings. The number of benzene rings is 2. The lowest BCUT2D eigenvalue weighted by Gasteiger charge is -2.05. The molecule has 0 aliphatic carbocycles. The standard InChI is InChI=1S/C20H13N3O4S/c24-17(26-10-16-22-13-6-2-4-8-15(13)28-16)9-23-11-21-18-12-5-1-3-7-14(12)27-19(18)20(23)25/h1-8,11H,9-10H2. The fraction of sp³-hybridized carbons (Fsp3) is 0.100. The SMILES string of the molecule is O=C(Cn1cnc2c(oc3ccccc32)c1=O)OCc1nc2ccccc2s1. The van der Waals surface area contributed by atoms with E-state index in [-0.39, 0.29) is 18.7 Å². The van der Waals surface area contributed by atoms with Crippen LogP contribution < -0.4 is 5.56 Å². The molecule has 0 unspecified atom stereocenters. The molecule has 0 amide bonds. The largest absolute Gasteiger partial charge is 0.457 e. The van der Waals surface area contributed by atoms with Crippen LogP contribution in [0.3, 0.4) is 0 Å². The summed E-state index contributed by atoms with van der Waals surface area (Å²) in [5, 5.41) is 1.47. The van der Waals surface area contributed by atoms with Crippen LogP contribution in [-0.2, 0) is 22.7 Å². The van der Waals surface area contributed by atoms with Crippen molar-refractivity contribution in [3.8, 4) is 0 Å². The highest BCUT2D eigenvalue weighted by Crippen LogP contribution is 2.24. The van der Waals surface area contributed by atoms with Crippen LogP contribution in [0.4, 0.5) is 0 Å². The van der Waals surface area contributed by atoms with Gasteiger partial charge in [0.1, 0.15) is 29.3 Å². The monoisotopic (exact) mass is 391 g/mol. The zero-order chi connectivity index (χ0) is 19.1. The number of ether oxygens (including phenoxy) is 1. The van der Waals surface area contributed by atoms with Crippen LogP contribution in [-0.4, -0.2) is 20.5 Å². The maximum absolute atomic E-state index is 12.6. The summed E-state index contributed by atoms with van der Waals surface area (Å²) in [5.74, 6) is -0.543. The minimum Gasteiger partial charge on any atom is -0.457 e. The van der Waals surface area contributed by atoms with Gasteiger partial charge in [0, 0.05) is 5.39 Å². The summed E-state index contributed by atoms with van der Waals surface area (Å²) in [6.45, 7) is -0.184. The first-order valence-corrected chi connectivity index (χ1v) is 9.37. The number of furan rings is 1. The van der Waals surface area contributed by atoms with Gasteiger partial charge in [0.05, 0.1) is 16.5 Å². The number of fused-ring (bicyclic) bond motifs is 4. The van der Waals surface area contributed by atoms with Gasteiger partial charge < -0.3 is 9.15 Å². The number of nitrogens with zero attached hydrogens (tertiary/aromatic N) is 3. The molecule has 3 heterocycles. The van der Waals surface area contributed by atoms with Gasteiger partial charge in [0.2, 0.25) is 5.58 Å². The van der Waals surface area contributed by atoms with Gasteiger partial charge in [-0.1, -0.05) is 24.3 Å². The van der Waals surface area contributed by atoms with Crippen LogP contribution in [0.15, 0.2) is 64.1 Å². The average molecular weight is 391 g/mol. The Balaban J connectivity index is 1.35. The molecule has 0 saturated heterocycles. The van der Waals surface area contributed by atoms with E-state index in [2.05, 4.69) is 9.97 Å². The van der Waals surface area contributed by atoms with E-state index in [0.29, 0.717) is 16.1 Å². The Bertz CT molecular complexity index is 1370. The number of para-hydroxylation sites is 2. The number of rotatable bonds is 4. The average Bonchev–Trinajstić information content (AvgIpc) is 3.30. The summed E-state index contributed by atoms with van der Waals surface area (Å²) in [6, 6.07) is 15.0. The summed E-state index contributed by atoms with van der Waals surface area (Å²) in [6.07, 6.45) is 1.34. The number of carbonyl (C=O) groups is 1. The van der Waals surface area contributed by atoms with E-state index in [1.54, 1.807) is 6.07 Å². The van der Waals surface area contributed by atoms with Crippen LogP contribution in [0.1, 0.15) is 5.01 Å². The molecule has 8 heteroatoms. The Hall–Kier alpha value is -3.52. The van der Waals surface area contributed by atoms with Crippen LogP contribution in [0.25, 0.3) is 32.3 Å². The van der Waals surface area contributed by atoms with Crippen molar-refractivity contribution in [2.45, 2.75) is 13.2 Å². The second kappa shape index (κ2) is 6.58. The van der Waals surface area contributed by atoms with E-state index in [1.165, 1.54) is 22.2 Å². The van der Waals surface area contributed by atoms with Crippen molar-refractivity contribution in [3.63, 3.8) is 0 Å². The third-order valence-corrected chi connectivity index (χ3v) is 5.35. The fourth-order valence-electron chi connectivity index (χ4n) is 3.04. The van der Waals surface area contributed by atoms with E-state index >= 15 is 0 Å². The smallest absolute Gasteiger partial charge is 0.326 e. The van der Waals surface area contributed by atoms with Crippen LogP contribution in [0.2, 0.25) is 0 Å². The number of esters is 1. The predicted molar refractivity (Wildman–Crippen MR) is 105 cm³/mol. The molecule has 0 bridgehead atoms. The van der Waals surface area contributed by atoms with Crippen molar-refractivity contribution in [1.29, 1.82) is 0 Å². The predicted octanol–water partition coefficient (Wildman–Crippen LogP) is 3.50. The first kappa shape index (κ1) is 16.6. The zero-order valence-corrected chi connectivity index (χ0v) is 15.3. The summed E-state index contributed by atoms with van der Waals surface area (Å²) >= 11 is 1.47. The molecule has 3 aromatic heterocycles. The maximum Gasteiger partial charge on any atom is 0.326 e. The molecule has 5 rings (SSSR count). The van der Waals surface area contributed by atoms with Crippen LogP contribution in [0.5, 0.6) is 0 Å². The lowest BCUT2D eigenvalue weighted by Crippen LogP contribution is -2.25. The quantitative estimate of drug-likeness (QED) is 0.436. The van der Waals surface area contributed by atoms with Crippen molar-refractivity contribution in [2.75, 3.05) is 0 Å². The number of hydrogen-bond acceptors (Lipinski definition) is 7. The summed E-state index contributed by atoms with van der Waals surface area (Å²) in [4.78, 5) is 33.5. The van der Waals surface area contributed by atoms with Gasteiger partial charge in [-0.15, -0.1) is 11.3 Å². The van der Waals surface area contributed by atoms with Gasteiger partial charge in [0.15, 0.2) is 0 Å². The van der Waals surface area contributed by atoms with E-state index in [9.17, 15) is 9.59 Å². The molecule has 28 heavy (non-hydrogen) atoms. The molecular weight excluding hydrogens is 378 g/mol. The first-order chi connectivity index (χ1) is 13.7. The fourth-order valence-corrected chi connectivity index (χ4v) is 3.92. The second-order valence-electron chi connectivity index (χ2n) is 6.19. The Morgan fingerprint density at radius 3 is 2.86 bits per heavy atom. The minimum absolute atomic E-state index is 0.0627. The highest BCUT2D eigenvalue weighted by molar-refractivity contribution is 7.18. The lowest BCUT2D eigenvalue weighted by atomic mass is 10.2. The Morgan fingerprint density at radius 1 is 1.14 bits per heavy atom. The Labute approximate surface area is 161 Å². The van der Waals surface area contributed by atoms with Crippen molar-refractivity contribution in [2.24, 2.45) is 0 Å². The van der Waals surface area contributed by atoms with Gasteiger partial charge in [-0.2, -0.15) is 0 Å². The van der Waals surface area contributed by atoms with E-state index in [4.69, 9.17) is 9.15 Å². The maximum atomic E-state index is 12.6. The zero-order valence-electron chi connectivity index (χ0n) is 14.5. The molecule has 0 aliphatic rings. The molecule has 0 saturated carbocycles. The topological polar surface area (TPSA) is 87.2 Å². The van der Waals surface area contributed by atoms with Gasteiger partial charge >= 0.3 is 5.97 Å².